The lowest BCUT2D eigenvalue weighted by molar-refractivity contribution is -0.137. The molecule has 7 nitrogen and oxygen atoms in total. The van der Waals surface area contributed by atoms with E-state index in [-0.39, 0.29) is 12.5 Å². The predicted molar refractivity (Wildman–Crippen MR) is 66.7 cm³/mol. The molecule has 7 heteroatoms. The molecule has 2 heterocycles. The zero-order valence-corrected chi connectivity index (χ0v) is 10.5. The van der Waals surface area contributed by atoms with Crippen LogP contribution >= 0.6 is 0 Å². The molecule has 2 rings (SSSR count). The van der Waals surface area contributed by atoms with Crippen LogP contribution in [-0.2, 0) is 20.9 Å². The number of carbonyl (C=O) groups is 2. The Morgan fingerprint density at radius 1 is 1.47 bits per heavy atom. The molecule has 1 saturated heterocycles. The third-order valence-corrected chi connectivity index (χ3v) is 3.02. The number of aliphatic carboxylic acids is 1. The summed E-state index contributed by atoms with van der Waals surface area (Å²) >= 11 is 0. The normalized spacial score (nSPS) is 16.2. The first-order valence-corrected chi connectivity index (χ1v) is 6.26. The summed E-state index contributed by atoms with van der Waals surface area (Å²) in [4.78, 5) is 22.3. The van der Waals surface area contributed by atoms with E-state index >= 15 is 0 Å². The lowest BCUT2D eigenvalue weighted by Crippen LogP contribution is -2.22. The molecule has 0 saturated carbocycles. The zero-order chi connectivity index (χ0) is 13.7. The molecule has 0 aromatic carbocycles. The van der Waals surface area contributed by atoms with E-state index < -0.39 is 5.97 Å². The van der Waals surface area contributed by atoms with Gasteiger partial charge in [-0.05, 0) is 18.8 Å². The van der Waals surface area contributed by atoms with Gasteiger partial charge in [-0.1, -0.05) is 0 Å². The number of carboxylic acid groups (broad SMARTS) is 1. The monoisotopic (exact) mass is 267 g/mol. The molecule has 0 spiro atoms. The quantitative estimate of drug-likeness (QED) is 0.820. The maximum absolute atomic E-state index is 11.8. The van der Waals surface area contributed by atoms with Gasteiger partial charge in [0, 0.05) is 31.9 Å². The Bertz CT molecular complexity index is 452. The van der Waals surface area contributed by atoms with E-state index in [1.54, 1.807) is 6.07 Å². The predicted octanol–water partition coefficient (Wildman–Crippen LogP) is 0.723. The van der Waals surface area contributed by atoms with Crippen LogP contribution in [0.15, 0.2) is 12.3 Å². The Hall–Kier alpha value is -1.89. The molecule has 104 valence electrons. The molecule has 0 radical (unpaired) electrons. The van der Waals surface area contributed by atoms with Crippen molar-refractivity contribution in [1.29, 1.82) is 0 Å². The molecule has 1 amide bonds. The molecule has 0 unspecified atom stereocenters. The molecular formula is C12H17N3O4. The molecular weight excluding hydrogens is 250 g/mol. The number of ether oxygens (including phenoxy) is 1. The molecule has 1 aliphatic heterocycles. The SMILES string of the molecule is O=C(O)Cn1ccc(NC(=O)CC2CCOCC2)n1. The maximum Gasteiger partial charge on any atom is 0.325 e. The zero-order valence-electron chi connectivity index (χ0n) is 10.5. The molecule has 0 aliphatic carbocycles. The van der Waals surface area contributed by atoms with Crippen LogP contribution in [0.25, 0.3) is 0 Å². The molecule has 1 aromatic heterocycles. The number of carboxylic acids is 1. The van der Waals surface area contributed by atoms with E-state index in [1.165, 1.54) is 10.9 Å². The number of rotatable bonds is 5. The van der Waals surface area contributed by atoms with E-state index in [0.717, 1.165) is 12.8 Å². The van der Waals surface area contributed by atoms with Gasteiger partial charge < -0.3 is 15.2 Å². The fraction of sp³-hybridized carbons (Fsp3) is 0.583. The second-order valence-electron chi connectivity index (χ2n) is 4.60. The maximum atomic E-state index is 11.8. The minimum absolute atomic E-state index is 0.0903. The van der Waals surface area contributed by atoms with Crippen molar-refractivity contribution in [1.82, 2.24) is 9.78 Å². The number of hydrogen-bond acceptors (Lipinski definition) is 4. The van der Waals surface area contributed by atoms with Crippen LogP contribution in [0, 0.1) is 5.92 Å². The number of hydrogen-bond donors (Lipinski definition) is 2. The third-order valence-electron chi connectivity index (χ3n) is 3.02. The van der Waals surface area contributed by atoms with E-state index in [1.807, 2.05) is 0 Å². The van der Waals surface area contributed by atoms with E-state index in [9.17, 15) is 9.59 Å². The van der Waals surface area contributed by atoms with Gasteiger partial charge in [-0.15, -0.1) is 0 Å². The fourth-order valence-corrected chi connectivity index (χ4v) is 2.06. The summed E-state index contributed by atoms with van der Waals surface area (Å²) in [5, 5.41) is 15.3. The van der Waals surface area contributed by atoms with Crippen LogP contribution in [0.1, 0.15) is 19.3 Å². The van der Waals surface area contributed by atoms with E-state index in [2.05, 4.69) is 10.4 Å². The van der Waals surface area contributed by atoms with Crippen molar-refractivity contribution in [3.8, 4) is 0 Å². The van der Waals surface area contributed by atoms with E-state index in [0.29, 0.717) is 31.4 Å². The van der Waals surface area contributed by atoms with Crippen molar-refractivity contribution in [2.24, 2.45) is 5.92 Å². The lowest BCUT2D eigenvalue weighted by atomic mass is 9.96. The van der Waals surface area contributed by atoms with Gasteiger partial charge in [-0.2, -0.15) is 5.10 Å². The Morgan fingerprint density at radius 3 is 2.89 bits per heavy atom. The lowest BCUT2D eigenvalue weighted by Gasteiger charge is -2.21. The van der Waals surface area contributed by atoms with Crippen LogP contribution in [0.5, 0.6) is 0 Å². The summed E-state index contributed by atoms with van der Waals surface area (Å²) in [6.07, 6.45) is 3.79. The standard InChI is InChI=1S/C12H17N3O4/c16-11(7-9-2-5-19-6-3-9)13-10-1-4-15(14-10)8-12(17)18/h1,4,9H,2-3,5-8H2,(H,17,18)(H,13,14,16). The minimum Gasteiger partial charge on any atom is -0.480 e. The van der Waals surface area contributed by atoms with Gasteiger partial charge in [0.05, 0.1) is 0 Å². The number of anilines is 1. The molecule has 19 heavy (non-hydrogen) atoms. The summed E-state index contributed by atoms with van der Waals surface area (Å²) in [6.45, 7) is 1.21. The molecule has 0 bridgehead atoms. The second-order valence-corrected chi connectivity index (χ2v) is 4.60. The van der Waals surface area contributed by atoms with Gasteiger partial charge >= 0.3 is 5.97 Å². The highest BCUT2D eigenvalue weighted by Crippen LogP contribution is 2.18. The topological polar surface area (TPSA) is 93.5 Å². The van der Waals surface area contributed by atoms with Crippen molar-refractivity contribution < 1.29 is 19.4 Å². The van der Waals surface area contributed by atoms with Gasteiger partial charge in [0.25, 0.3) is 0 Å². The number of carbonyl (C=O) groups excluding carboxylic acids is 1. The first kappa shape index (κ1) is 13.5. The average Bonchev–Trinajstić information content (AvgIpc) is 2.76. The average molecular weight is 267 g/mol. The smallest absolute Gasteiger partial charge is 0.325 e. The highest BCUT2D eigenvalue weighted by Gasteiger charge is 2.17. The van der Waals surface area contributed by atoms with Crippen LogP contribution < -0.4 is 5.32 Å². The molecule has 1 aromatic rings. The number of amides is 1. The van der Waals surface area contributed by atoms with Crippen molar-refractivity contribution in [2.75, 3.05) is 18.5 Å². The largest absolute Gasteiger partial charge is 0.480 e. The summed E-state index contributed by atoms with van der Waals surface area (Å²) in [6, 6.07) is 1.59. The Kier molecular flexibility index (Phi) is 4.51. The number of nitrogens with zero attached hydrogens (tertiary/aromatic N) is 2. The summed E-state index contributed by atoms with van der Waals surface area (Å²) < 4.78 is 6.51. The van der Waals surface area contributed by atoms with Crippen LogP contribution in [0.3, 0.4) is 0 Å². The molecule has 1 fully saturated rings. The minimum atomic E-state index is -0.969. The van der Waals surface area contributed by atoms with E-state index in [4.69, 9.17) is 9.84 Å². The summed E-state index contributed by atoms with van der Waals surface area (Å²) in [5.74, 6) is -0.316. The molecule has 2 N–H and O–H groups in total. The first-order valence-electron chi connectivity index (χ1n) is 6.26. The second kappa shape index (κ2) is 6.33. The van der Waals surface area contributed by atoms with Gasteiger partial charge in [-0.25, -0.2) is 0 Å². The van der Waals surface area contributed by atoms with Crippen molar-refractivity contribution in [2.45, 2.75) is 25.8 Å². The summed E-state index contributed by atoms with van der Waals surface area (Å²) in [7, 11) is 0. The van der Waals surface area contributed by atoms with Gasteiger partial charge in [0.15, 0.2) is 5.82 Å². The highest BCUT2D eigenvalue weighted by molar-refractivity contribution is 5.89. The Labute approximate surface area is 110 Å². The van der Waals surface area contributed by atoms with Crippen molar-refractivity contribution in [3.63, 3.8) is 0 Å². The van der Waals surface area contributed by atoms with Crippen LogP contribution in [0.2, 0.25) is 0 Å². The third kappa shape index (κ3) is 4.36. The fourth-order valence-electron chi connectivity index (χ4n) is 2.06. The Morgan fingerprint density at radius 2 is 2.21 bits per heavy atom. The molecule has 1 aliphatic rings. The van der Waals surface area contributed by atoms with Crippen LogP contribution in [0.4, 0.5) is 5.82 Å². The van der Waals surface area contributed by atoms with Gasteiger partial charge in [0.2, 0.25) is 5.91 Å². The number of nitrogens with one attached hydrogen (secondary N) is 1. The van der Waals surface area contributed by atoms with Gasteiger partial charge in [-0.3, -0.25) is 14.3 Å². The van der Waals surface area contributed by atoms with Crippen molar-refractivity contribution in [3.05, 3.63) is 12.3 Å². The summed E-state index contributed by atoms with van der Waals surface area (Å²) in [5.41, 5.74) is 0. The van der Waals surface area contributed by atoms with Gasteiger partial charge in [0.1, 0.15) is 6.54 Å². The van der Waals surface area contributed by atoms with Crippen LogP contribution in [-0.4, -0.2) is 40.0 Å². The first-order chi connectivity index (χ1) is 9.13. The van der Waals surface area contributed by atoms with Crippen molar-refractivity contribution >= 4 is 17.7 Å². The Balaban J connectivity index is 1.81. The molecule has 0 atom stereocenters. The highest BCUT2D eigenvalue weighted by atomic mass is 16.5. The number of aromatic nitrogens is 2.